The maximum Gasteiger partial charge on any atom is 0.229 e. The molecule has 2 aliphatic carbocycles. The monoisotopic (exact) mass is 1320 g/mol. The Labute approximate surface area is 572 Å². The number of phenols is 1. The maximum absolute atomic E-state index is 14.5. The Morgan fingerprint density at radius 1 is 0.490 bits per heavy atom. The van der Waals surface area contributed by atoms with Gasteiger partial charge < -0.3 is 25.2 Å². The van der Waals surface area contributed by atoms with Crippen LogP contribution in [0.25, 0.3) is 66.6 Å². The molecule has 2 heterocycles. The molecule has 0 amide bonds. The van der Waals surface area contributed by atoms with Crippen LogP contribution in [-0.2, 0) is 15.4 Å². The number of ketones is 2. The van der Waals surface area contributed by atoms with E-state index in [0.717, 1.165) is 40.6 Å². The first-order chi connectivity index (χ1) is 47.1. The van der Waals surface area contributed by atoms with Gasteiger partial charge in [0.05, 0.1) is 46.1 Å². The van der Waals surface area contributed by atoms with Crippen LogP contribution in [0.1, 0.15) is 123 Å². The number of ether oxygens (including phenoxy) is 2. The molecule has 4 N–H and O–H groups in total. The number of phenolic OH excluding ortho intramolecular Hbond substituents is 1. The highest BCUT2D eigenvalue weighted by Gasteiger charge is 2.36. The van der Waals surface area contributed by atoms with Gasteiger partial charge in [-0.1, -0.05) is 189 Å². The first-order valence-electron chi connectivity index (χ1n) is 32.6. The van der Waals surface area contributed by atoms with Crippen LogP contribution in [-0.4, -0.2) is 51.7 Å². The van der Waals surface area contributed by atoms with Gasteiger partial charge in [0, 0.05) is 67.7 Å². The van der Waals surface area contributed by atoms with Crippen LogP contribution < -0.4 is 24.8 Å². The minimum atomic E-state index is -3.65. The van der Waals surface area contributed by atoms with E-state index in [0.29, 0.717) is 129 Å². The van der Waals surface area contributed by atoms with Crippen LogP contribution in [0.2, 0.25) is 0 Å². The van der Waals surface area contributed by atoms with Gasteiger partial charge in [0.25, 0.3) is 0 Å². The summed E-state index contributed by atoms with van der Waals surface area (Å²) in [5, 5.41) is 46.9. The van der Waals surface area contributed by atoms with E-state index in [-0.39, 0.29) is 28.1 Å². The first-order valence-corrected chi connectivity index (χ1v) is 34.5. The molecule has 0 spiro atoms. The second kappa shape index (κ2) is 28.0. The van der Waals surface area contributed by atoms with Crippen LogP contribution in [0.15, 0.2) is 206 Å². The summed E-state index contributed by atoms with van der Waals surface area (Å²) in [6, 6.07) is 65.2. The number of hydrogen-bond acceptors (Lipinski definition) is 14. The molecule has 14 rings (SSSR count). The molecule has 10 aromatic carbocycles. The SMILES string of the molecule is CC.CC.CC(C)(C)CC(C)(C)c1ccc(Oc2cc(Nc3ccc(C#N)cc3)c3c4c(c(-c5ccccc5NS(C)(=O)=O)nnc24)-c2ccccc2C3=O)cc1.Cc1ccc(Oc2cc(Nc3ccccc3)c3c4c(c(-c5ccccc5O)nnc24)-c2ccccc2C3=O)c(C)c1. The molecular formula is C82H76N8O7S. The van der Waals surface area contributed by atoms with E-state index in [4.69, 9.17) is 19.7 Å². The van der Waals surface area contributed by atoms with Crippen LogP contribution in [0.3, 0.4) is 0 Å². The molecule has 0 saturated heterocycles. The van der Waals surface area contributed by atoms with Gasteiger partial charge in [-0.15, -0.1) is 20.4 Å². The Morgan fingerprint density at radius 2 is 0.959 bits per heavy atom. The third-order valence-corrected chi connectivity index (χ3v) is 17.3. The number of aromatic hydroxyl groups is 1. The van der Waals surface area contributed by atoms with Crippen molar-refractivity contribution in [1.82, 2.24) is 20.4 Å². The van der Waals surface area contributed by atoms with Crippen molar-refractivity contribution < 1.29 is 32.6 Å². The number of hydrogen-bond donors (Lipinski definition) is 4. The number of anilines is 5. The molecule has 12 aromatic rings. The third kappa shape index (κ3) is 13.8. The number of para-hydroxylation sites is 3. The van der Waals surface area contributed by atoms with E-state index in [1.165, 1.54) is 5.56 Å². The second-order valence-electron chi connectivity index (χ2n) is 25.5. The van der Waals surface area contributed by atoms with Crippen molar-refractivity contribution in [2.75, 3.05) is 21.6 Å². The molecule has 492 valence electrons. The van der Waals surface area contributed by atoms with Crippen LogP contribution >= 0.6 is 0 Å². The summed E-state index contributed by atoms with van der Waals surface area (Å²) >= 11 is 0. The van der Waals surface area contributed by atoms with Crippen LogP contribution in [0.4, 0.5) is 28.4 Å². The van der Waals surface area contributed by atoms with Gasteiger partial charge in [0.1, 0.15) is 39.7 Å². The summed E-state index contributed by atoms with van der Waals surface area (Å²) in [5.41, 5.74) is 14.1. The second-order valence-corrected chi connectivity index (χ2v) is 27.2. The maximum atomic E-state index is 14.5. The van der Waals surface area contributed by atoms with E-state index in [1.807, 2.05) is 151 Å². The highest BCUT2D eigenvalue weighted by molar-refractivity contribution is 7.92. The Balaban J connectivity index is 0.000000194. The molecule has 98 heavy (non-hydrogen) atoms. The molecule has 2 aromatic heterocycles. The van der Waals surface area contributed by atoms with Crippen molar-refractivity contribution in [3.63, 3.8) is 0 Å². The number of aromatic nitrogens is 4. The lowest BCUT2D eigenvalue weighted by molar-refractivity contribution is 0.103. The molecule has 0 saturated carbocycles. The van der Waals surface area contributed by atoms with Crippen molar-refractivity contribution in [2.24, 2.45) is 5.41 Å². The van der Waals surface area contributed by atoms with Crippen molar-refractivity contribution in [1.29, 1.82) is 5.26 Å². The molecule has 2 aliphatic rings. The van der Waals surface area contributed by atoms with Gasteiger partial charge in [-0.2, -0.15) is 5.26 Å². The number of nitriles is 1. The quantitative estimate of drug-likeness (QED) is 0.0796. The standard InChI is InChI=1S/C43H39N5O4S.C35H25N3O3.2C2H6/c1-42(2,3)25-43(4,5)27-17-21-29(22-18-27)52-35-23-34(45-28-19-15-26(24-44)16-20-28)37-38-36(30-11-7-8-12-31(30)41(37)49)39(46-47-40(35)38)32-13-9-10-14-33(32)48-53(6,50)51;1-20-16-17-28(21(2)18-20)41-29-19-26(36-22-10-4-3-5-11-22)31-32-30(23-12-6-7-13-24(23)35(31)40)33(37-38-34(29)32)25-14-8-9-15-27(25)39;2*1-2/h7-23,45,48H,25H2,1-6H3;3-19,36,39H,1-2H3;2*1-2H3. The molecule has 0 bridgehead atoms. The summed E-state index contributed by atoms with van der Waals surface area (Å²) in [4.78, 5) is 28.7. The smallest absolute Gasteiger partial charge is 0.229 e. The van der Waals surface area contributed by atoms with Gasteiger partial charge in [0.15, 0.2) is 23.1 Å². The van der Waals surface area contributed by atoms with Crippen molar-refractivity contribution >= 4 is 71.8 Å². The molecule has 0 unspecified atom stereocenters. The molecule has 15 nitrogen and oxygen atoms in total. The van der Waals surface area contributed by atoms with Gasteiger partial charge in [-0.3, -0.25) is 14.3 Å². The van der Waals surface area contributed by atoms with Crippen LogP contribution in [0, 0.1) is 30.6 Å². The minimum Gasteiger partial charge on any atom is -0.507 e. The highest BCUT2D eigenvalue weighted by Crippen LogP contribution is 2.52. The van der Waals surface area contributed by atoms with Gasteiger partial charge in [-0.25, -0.2) is 8.42 Å². The summed E-state index contributed by atoms with van der Waals surface area (Å²) in [7, 11) is -3.65. The molecule has 0 atom stereocenters. The number of sulfonamides is 1. The van der Waals surface area contributed by atoms with E-state index in [9.17, 15) is 28.4 Å². The number of carbonyl (C=O) groups excluding carboxylic acids is 2. The Morgan fingerprint density at radius 3 is 1.47 bits per heavy atom. The fourth-order valence-electron chi connectivity index (χ4n) is 13.0. The summed E-state index contributed by atoms with van der Waals surface area (Å²) in [6.07, 6.45) is 2.09. The Bertz CT molecular complexity index is 5220. The number of benzene rings is 10. The largest absolute Gasteiger partial charge is 0.507 e. The van der Waals surface area contributed by atoms with E-state index in [2.05, 4.69) is 84.4 Å². The fraction of sp³-hybridized carbons (Fsp3) is 0.183. The average molecular weight is 1320 g/mol. The van der Waals surface area contributed by atoms with Gasteiger partial charge in [0.2, 0.25) is 10.0 Å². The zero-order valence-corrected chi connectivity index (χ0v) is 57.7. The number of aryl methyl sites for hydroxylation is 2. The summed E-state index contributed by atoms with van der Waals surface area (Å²) < 4.78 is 40.6. The molecule has 0 radical (unpaired) electrons. The van der Waals surface area contributed by atoms with Crippen LogP contribution in [0.5, 0.6) is 28.7 Å². The topological polar surface area (TPSA) is 218 Å². The number of rotatable bonds is 14. The normalized spacial score (nSPS) is 11.9. The Hall–Kier alpha value is -11.5. The number of nitrogens with zero attached hydrogens (tertiary/aromatic N) is 5. The van der Waals surface area contributed by atoms with Crippen molar-refractivity contribution in [3.05, 3.63) is 251 Å². The average Bonchev–Trinajstić information content (AvgIpc) is 0.718. The fourth-order valence-corrected chi connectivity index (χ4v) is 13.6. The zero-order chi connectivity index (χ0) is 69.8. The highest BCUT2D eigenvalue weighted by atomic mass is 32.2. The minimum absolute atomic E-state index is 0.0624. The van der Waals surface area contributed by atoms with E-state index >= 15 is 0 Å². The van der Waals surface area contributed by atoms with E-state index in [1.54, 1.807) is 78.9 Å². The predicted molar refractivity (Wildman–Crippen MR) is 394 cm³/mol. The number of carbonyl (C=O) groups is 2. The molecule has 0 fully saturated rings. The van der Waals surface area contributed by atoms with E-state index < -0.39 is 10.0 Å². The lowest BCUT2D eigenvalue weighted by Gasteiger charge is -2.33. The zero-order valence-electron chi connectivity index (χ0n) is 56.9. The number of fused-ring (bicyclic) bond motifs is 4. The predicted octanol–water partition coefficient (Wildman–Crippen LogP) is 20.4. The lowest BCUT2D eigenvalue weighted by atomic mass is 9.72. The van der Waals surface area contributed by atoms with Gasteiger partial charge in [-0.05, 0) is 126 Å². The van der Waals surface area contributed by atoms with Gasteiger partial charge >= 0.3 is 0 Å². The lowest BCUT2D eigenvalue weighted by Crippen LogP contribution is -2.24. The van der Waals surface area contributed by atoms with Crippen molar-refractivity contribution in [3.8, 4) is 79.6 Å². The third-order valence-electron chi connectivity index (χ3n) is 16.7. The molecular weight excluding hydrogens is 1240 g/mol. The summed E-state index contributed by atoms with van der Waals surface area (Å²) in [6.45, 7) is 23.2. The van der Waals surface area contributed by atoms with Crippen molar-refractivity contribution in [2.45, 2.75) is 88.0 Å². The summed E-state index contributed by atoms with van der Waals surface area (Å²) in [5.74, 6) is 1.86. The first kappa shape index (κ1) is 67.9. The number of nitrogens with one attached hydrogen (secondary N) is 3. The molecule has 16 heteroatoms. The Kier molecular flexibility index (Phi) is 19.4. The molecule has 0 aliphatic heterocycles.